The summed E-state index contributed by atoms with van der Waals surface area (Å²) in [5.74, 6) is 0. The van der Waals surface area contributed by atoms with Crippen LogP contribution >= 0.6 is 0 Å². The van der Waals surface area contributed by atoms with Crippen LogP contribution in [0.15, 0.2) is 24.3 Å². The van der Waals surface area contributed by atoms with Crippen molar-refractivity contribution in [2.45, 2.75) is 31.9 Å². The number of nitrogens with one attached hydrogen (secondary N) is 1. The summed E-state index contributed by atoms with van der Waals surface area (Å²) in [5, 5.41) is 2.85. The van der Waals surface area contributed by atoms with Crippen LogP contribution in [0.2, 0.25) is 0 Å². The lowest BCUT2D eigenvalue weighted by Crippen LogP contribution is -2.11. The van der Waals surface area contributed by atoms with Gasteiger partial charge in [0.25, 0.3) is 0 Å². The average molecular weight is 260 g/mol. The Morgan fingerprint density at radius 3 is 2.33 bits per heavy atom. The van der Waals surface area contributed by atoms with E-state index in [2.05, 4.69) is 5.32 Å². The minimum absolute atomic E-state index is 0.156. The fourth-order valence-corrected chi connectivity index (χ4v) is 1.73. The van der Waals surface area contributed by atoms with E-state index in [1.165, 1.54) is 12.1 Å². The molecule has 0 saturated heterocycles. The quantitative estimate of drug-likeness (QED) is 0.735. The highest BCUT2D eigenvalue weighted by Crippen LogP contribution is 2.34. The van der Waals surface area contributed by atoms with Crippen LogP contribution in [0, 0.1) is 0 Å². The zero-order valence-corrected chi connectivity index (χ0v) is 10.3. The molecule has 0 atom stereocenters. The summed E-state index contributed by atoms with van der Waals surface area (Å²) < 4.78 is 38.0. The van der Waals surface area contributed by atoms with Crippen LogP contribution < -0.4 is 11.1 Å². The summed E-state index contributed by atoms with van der Waals surface area (Å²) in [6.45, 7) is 1.22. The van der Waals surface area contributed by atoms with Crippen LogP contribution in [0.1, 0.15) is 31.2 Å². The number of nitrogens with two attached hydrogens (primary N) is 1. The zero-order valence-electron chi connectivity index (χ0n) is 10.3. The number of rotatable bonds is 7. The number of anilines is 1. The number of benzene rings is 1. The molecule has 1 rings (SSSR count). The minimum Gasteiger partial charge on any atom is -0.385 e. The van der Waals surface area contributed by atoms with Crippen LogP contribution in [0.3, 0.4) is 0 Å². The monoisotopic (exact) mass is 260 g/mol. The molecule has 0 bridgehead atoms. The summed E-state index contributed by atoms with van der Waals surface area (Å²) >= 11 is 0. The van der Waals surface area contributed by atoms with Crippen molar-refractivity contribution in [3.05, 3.63) is 29.8 Å². The molecule has 0 spiro atoms. The standard InChI is InChI=1S/C13H19F3N2/c14-13(15,16)11-7-3-4-8-12(11)18-10-6-2-1-5-9-17/h3-4,7-8,18H,1-2,5-6,9-10,17H2. The van der Waals surface area contributed by atoms with Crippen LogP contribution in [-0.4, -0.2) is 13.1 Å². The van der Waals surface area contributed by atoms with Gasteiger partial charge in [-0.25, -0.2) is 0 Å². The summed E-state index contributed by atoms with van der Waals surface area (Å²) in [5.41, 5.74) is 4.91. The largest absolute Gasteiger partial charge is 0.418 e. The number of para-hydroxylation sites is 1. The second-order valence-corrected chi connectivity index (χ2v) is 4.17. The van der Waals surface area contributed by atoms with Gasteiger partial charge in [-0.2, -0.15) is 13.2 Å². The molecule has 0 fully saturated rings. The van der Waals surface area contributed by atoms with Gasteiger partial charge in [-0.05, 0) is 31.5 Å². The minimum atomic E-state index is -4.30. The highest BCUT2D eigenvalue weighted by atomic mass is 19.4. The first-order valence-electron chi connectivity index (χ1n) is 6.16. The van der Waals surface area contributed by atoms with E-state index in [-0.39, 0.29) is 5.69 Å². The third kappa shape index (κ3) is 4.96. The fourth-order valence-electron chi connectivity index (χ4n) is 1.73. The first kappa shape index (κ1) is 14.8. The normalized spacial score (nSPS) is 11.6. The highest BCUT2D eigenvalue weighted by Gasteiger charge is 2.32. The van der Waals surface area contributed by atoms with Gasteiger partial charge in [-0.3, -0.25) is 0 Å². The van der Waals surface area contributed by atoms with E-state index in [9.17, 15) is 13.2 Å². The molecule has 0 saturated carbocycles. The summed E-state index contributed by atoms with van der Waals surface area (Å²) in [4.78, 5) is 0. The Bertz CT molecular complexity index is 350. The highest BCUT2D eigenvalue weighted by molar-refractivity contribution is 5.52. The van der Waals surface area contributed by atoms with E-state index in [0.717, 1.165) is 31.7 Å². The van der Waals surface area contributed by atoms with Gasteiger partial charge in [0.05, 0.1) is 5.56 Å². The SMILES string of the molecule is NCCCCCCNc1ccccc1C(F)(F)F. The molecule has 1 aromatic rings. The number of unbranched alkanes of at least 4 members (excludes halogenated alkanes) is 3. The van der Waals surface area contributed by atoms with Crippen molar-refractivity contribution >= 4 is 5.69 Å². The van der Waals surface area contributed by atoms with Crippen LogP contribution in [-0.2, 0) is 6.18 Å². The van der Waals surface area contributed by atoms with E-state index in [1.54, 1.807) is 6.07 Å². The van der Waals surface area contributed by atoms with Crippen molar-refractivity contribution in [3.8, 4) is 0 Å². The number of hydrogen-bond donors (Lipinski definition) is 2. The van der Waals surface area contributed by atoms with Gasteiger partial charge < -0.3 is 11.1 Å². The van der Waals surface area contributed by atoms with Gasteiger partial charge in [-0.15, -0.1) is 0 Å². The lowest BCUT2D eigenvalue weighted by Gasteiger charge is -2.14. The third-order valence-corrected chi connectivity index (χ3v) is 2.68. The molecule has 0 heterocycles. The molecule has 0 aromatic heterocycles. The Balaban J connectivity index is 2.43. The van der Waals surface area contributed by atoms with Crippen LogP contribution in [0.4, 0.5) is 18.9 Å². The molecule has 0 aliphatic heterocycles. The van der Waals surface area contributed by atoms with E-state index >= 15 is 0 Å². The first-order valence-corrected chi connectivity index (χ1v) is 6.16. The van der Waals surface area contributed by atoms with Gasteiger partial charge in [0.15, 0.2) is 0 Å². The summed E-state index contributed by atoms with van der Waals surface area (Å²) in [6.07, 6.45) is -0.466. The predicted molar refractivity (Wildman–Crippen MR) is 67.5 cm³/mol. The maximum atomic E-state index is 12.7. The number of alkyl halides is 3. The fraction of sp³-hybridized carbons (Fsp3) is 0.538. The van der Waals surface area contributed by atoms with E-state index < -0.39 is 11.7 Å². The molecule has 3 N–H and O–H groups in total. The Morgan fingerprint density at radius 1 is 1.00 bits per heavy atom. The molecule has 1 aromatic carbocycles. The molecule has 0 radical (unpaired) electrons. The van der Waals surface area contributed by atoms with E-state index in [4.69, 9.17) is 5.73 Å². The molecular formula is C13H19F3N2. The smallest absolute Gasteiger partial charge is 0.385 e. The second-order valence-electron chi connectivity index (χ2n) is 4.17. The molecule has 0 aliphatic rings. The van der Waals surface area contributed by atoms with Crippen molar-refractivity contribution in [1.29, 1.82) is 0 Å². The summed E-state index contributed by atoms with van der Waals surface area (Å²) in [7, 11) is 0. The molecule has 5 heteroatoms. The van der Waals surface area contributed by atoms with Gasteiger partial charge in [0.2, 0.25) is 0 Å². The zero-order chi connectivity index (χ0) is 13.4. The van der Waals surface area contributed by atoms with Crippen molar-refractivity contribution in [2.75, 3.05) is 18.4 Å². The van der Waals surface area contributed by atoms with E-state index in [0.29, 0.717) is 13.1 Å². The Kier molecular flexibility index (Phi) is 5.98. The molecule has 102 valence electrons. The van der Waals surface area contributed by atoms with Gasteiger partial charge in [0, 0.05) is 12.2 Å². The Labute approximate surface area is 105 Å². The van der Waals surface area contributed by atoms with Crippen molar-refractivity contribution in [3.63, 3.8) is 0 Å². The van der Waals surface area contributed by atoms with Crippen LogP contribution in [0.5, 0.6) is 0 Å². The molecule has 0 unspecified atom stereocenters. The molecule has 0 aliphatic carbocycles. The second kappa shape index (κ2) is 7.26. The Hall–Kier alpha value is -1.23. The van der Waals surface area contributed by atoms with Gasteiger partial charge in [0.1, 0.15) is 0 Å². The first-order chi connectivity index (χ1) is 8.55. The predicted octanol–water partition coefficient (Wildman–Crippen LogP) is 3.64. The third-order valence-electron chi connectivity index (χ3n) is 2.68. The topological polar surface area (TPSA) is 38.0 Å². The van der Waals surface area contributed by atoms with Crippen molar-refractivity contribution in [1.82, 2.24) is 0 Å². The maximum Gasteiger partial charge on any atom is 0.418 e. The number of halogens is 3. The van der Waals surface area contributed by atoms with E-state index in [1.807, 2.05) is 0 Å². The van der Waals surface area contributed by atoms with Crippen molar-refractivity contribution < 1.29 is 13.2 Å². The van der Waals surface area contributed by atoms with Crippen molar-refractivity contribution in [2.24, 2.45) is 5.73 Å². The van der Waals surface area contributed by atoms with Gasteiger partial charge in [-0.1, -0.05) is 25.0 Å². The molecule has 0 amide bonds. The maximum absolute atomic E-state index is 12.7. The average Bonchev–Trinajstić information content (AvgIpc) is 2.33. The molecule has 18 heavy (non-hydrogen) atoms. The number of hydrogen-bond acceptors (Lipinski definition) is 2. The van der Waals surface area contributed by atoms with Crippen LogP contribution in [0.25, 0.3) is 0 Å². The Morgan fingerprint density at radius 2 is 1.67 bits per heavy atom. The lowest BCUT2D eigenvalue weighted by atomic mass is 10.1. The lowest BCUT2D eigenvalue weighted by molar-refractivity contribution is -0.136. The van der Waals surface area contributed by atoms with Gasteiger partial charge >= 0.3 is 6.18 Å². The molecular weight excluding hydrogens is 241 g/mol. The molecule has 2 nitrogen and oxygen atoms in total. The summed E-state index contributed by atoms with van der Waals surface area (Å²) in [6, 6.07) is 5.56.